The van der Waals surface area contributed by atoms with Crippen LogP contribution in [-0.2, 0) is 6.42 Å². The van der Waals surface area contributed by atoms with E-state index in [-0.39, 0.29) is 0 Å². The van der Waals surface area contributed by atoms with Crippen molar-refractivity contribution in [2.45, 2.75) is 13.3 Å². The number of aromatic nitrogens is 1. The molecule has 0 saturated carbocycles. The number of hydrogen-bond acceptors (Lipinski definition) is 4. The van der Waals surface area contributed by atoms with Gasteiger partial charge in [0.25, 0.3) is 0 Å². The summed E-state index contributed by atoms with van der Waals surface area (Å²) < 4.78 is 6.17. The Morgan fingerprint density at radius 1 is 1.47 bits per heavy atom. The number of ether oxygens (including phenoxy) is 1. The van der Waals surface area contributed by atoms with Gasteiger partial charge in [0, 0.05) is 11.3 Å². The first-order valence-corrected chi connectivity index (χ1v) is 6.75. The number of benzene rings is 1. The lowest BCUT2D eigenvalue weighted by molar-refractivity contribution is 0.412. The second kappa shape index (κ2) is 5.06. The topological polar surface area (TPSA) is 48.1 Å². The number of nitrogen functional groups attached to an aromatic ring is 1. The number of nitrogens with zero attached hydrogens (tertiary/aromatic N) is 1. The van der Waals surface area contributed by atoms with Gasteiger partial charge in [0.05, 0.1) is 17.3 Å². The second-order valence-corrected chi connectivity index (χ2v) is 5.68. The van der Waals surface area contributed by atoms with Crippen LogP contribution in [0.1, 0.15) is 16.1 Å². The van der Waals surface area contributed by atoms with Gasteiger partial charge in [0.15, 0.2) is 5.13 Å². The van der Waals surface area contributed by atoms with E-state index in [1.54, 1.807) is 18.4 Å². The summed E-state index contributed by atoms with van der Waals surface area (Å²) in [5.41, 5.74) is 7.91. The third kappa shape index (κ3) is 2.79. The van der Waals surface area contributed by atoms with Crippen LogP contribution in [0.25, 0.3) is 0 Å². The van der Waals surface area contributed by atoms with Gasteiger partial charge in [-0.2, -0.15) is 0 Å². The summed E-state index contributed by atoms with van der Waals surface area (Å²) in [4.78, 5) is 5.43. The third-order valence-corrected chi connectivity index (χ3v) is 4.10. The van der Waals surface area contributed by atoms with Gasteiger partial charge in [-0.05, 0) is 40.5 Å². The normalized spacial score (nSPS) is 10.5. The molecule has 2 aromatic rings. The lowest BCUT2D eigenvalue weighted by Crippen LogP contribution is -1.90. The third-order valence-electron chi connectivity index (χ3n) is 2.49. The summed E-state index contributed by atoms with van der Waals surface area (Å²) in [7, 11) is 1.66. The van der Waals surface area contributed by atoms with E-state index in [9.17, 15) is 0 Å². The van der Waals surface area contributed by atoms with Crippen LogP contribution in [0, 0.1) is 6.92 Å². The van der Waals surface area contributed by atoms with Crippen molar-refractivity contribution < 1.29 is 4.74 Å². The van der Waals surface area contributed by atoms with Crippen molar-refractivity contribution in [3.05, 3.63) is 38.8 Å². The molecular formula is C12H13BrN2OS. The molecule has 1 heterocycles. The molecule has 1 aromatic carbocycles. The maximum atomic E-state index is 5.69. The predicted octanol–water partition coefficient (Wildman–Crippen LogP) is 3.40. The highest BCUT2D eigenvalue weighted by atomic mass is 79.9. The Morgan fingerprint density at radius 3 is 2.76 bits per heavy atom. The number of hydrogen-bond donors (Lipinski definition) is 1. The van der Waals surface area contributed by atoms with E-state index in [0.29, 0.717) is 5.13 Å². The quantitative estimate of drug-likeness (QED) is 0.945. The summed E-state index contributed by atoms with van der Waals surface area (Å²) in [6, 6.07) is 6.08. The SMILES string of the molecule is COc1ccc(Cc2sc(N)nc2C)cc1Br. The molecule has 0 spiro atoms. The molecule has 0 amide bonds. The molecule has 0 fully saturated rings. The van der Waals surface area contributed by atoms with Gasteiger partial charge in [-0.25, -0.2) is 4.98 Å². The Bertz CT molecular complexity index is 539. The fourth-order valence-corrected chi connectivity index (χ4v) is 3.08. The smallest absolute Gasteiger partial charge is 0.180 e. The molecular weight excluding hydrogens is 300 g/mol. The zero-order valence-electron chi connectivity index (χ0n) is 9.66. The number of aryl methyl sites for hydroxylation is 1. The molecule has 3 nitrogen and oxygen atoms in total. The highest BCUT2D eigenvalue weighted by Crippen LogP contribution is 2.28. The minimum absolute atomic E-state index is 0.630. The standard InChI is InChI=1S/C12H13BrN2OS/c1-7-11(17-12(14)15-7)6-8-3-4-10(16-2)9(13)5-8/h3-5H,6H2,1-2H3,(H2,14,15). The summed E-state index contributed by atoms with van der Waals surface area (Å²) in [5, 5.41) is 0.630. The van der Waals surface area contributed by atoms with Gasteiger partial charge < -0.3 is 10.5 Å². The molecule has 0 saturated heterocycles. The molecule has 5 heteroatoms. The summed E-state index contributed by atoms with van der Waals surface area (Å²) in [5.74, 6) is 0.842. The first-order chi connectivity index (χ1) is 8.10. The van der Waals surface area contributed by atoms with Crippen molar-refractivity contribution in [3.8, 4) is 5.75 Å². The largest absolute Gasteiger partial charge is 0.496 e. The molecule has 1 aromatic heterocycles. The lowest BCUT2D eigenvalue weighted by Gasteiger charge is -2.05. The molecule has 0 aliphatic carbocycles. The van der Waals surface area contributed by atoms with Crippen LogP contribution in [0.4, 0.5) is 5.13 Å². The maximum absolute atomic E-state index is 5.69. The number of thiazole rings is 1. The fourth-order valence-electron chi connectivity index (χ4n) is 1.62. The predicted molar refractivity (Wildman–Crippen MR) is 74.8 cm³/mol. The average molecular weight is 313 g/mol. The number of halogens is 1. The Morgan fingerprint density at radius 2 is 2.24 bits per heavy atom. The summed E-state index contributed by atoms with van der Waals surface area (Å²) >= 11 is 5.03. The second-order valence-electron chi connectivity index (χ2n) is 3.71. The van der Waals surface area contributed by atoms with Crippen molar-refractivity contribution in [2.75, 3.05) is 12.8 Å². The molecule has 2 rings (SSSR count). The Hall–Kier alpha value is -1.07. The first-order valence-electron chi connectivity index (χ1n) is 5.14. The zero-order chi connectivity index (χ0) is 12.4. The molecule has 2 N–H and O–H groups in total. The van der Waals surface area contributed by atoms with Crippen LogP contribution in [0.3, 0.4) is 0 Å². The maximum Gasteiger partial charge on any atom is 0.180 e. The number of rotatable bonds is 3. The number of anilines is 1. The average Bonchev–Trinajstić information content (AvgIpc) is 2.58. The highest BCUT2D eigenvalue weighted by Gasteiger charge is 2.08. The molecule has 0 aliphatic heterocycles. The zero-order valence-corrected chi connectivity index (χ0v) is 12.1. The first kappa shape index (κ1) is 12.4. The number of nitrogens with two attached hydrogens (primary N) is 1. The minimum Gasteiger partial charge on any atom is -0.496 e. The van der Waals surface area contributed by atoms with Crippen LogP contribution in [-0.4, -0.2) is 12.1 Å². The highest BCUT2D eigenvalue weighted by molar-refractivity contribution is 9.10. The molecule has 0 bridgehead atoms. The molecule has 0 unspecified atom stereocenters. The van der Waals surface area contributed by atoms with Crippen molar-refractivity contribution in [1.29, 1.82) is 0 Å². The van der Waals surface area contributed by atoms with E-state index >= 15 is 0 Å². The van der Waals surface area contributed by atoms with Crippen LogP contribution in [0.2, 0.25) is 0 Å². The fraction of sp³-hybridized carbons (Fsp3) is 0.250. The van der Waals surface area contributed by atoms with Gasteiger partial charge in [-0.3, -0.25) is 0 Å². The van der Waals surface area contributed by atoms with Crippen LogP contribution >= 0.6 is 27.3 Å². The van der Waals surface area contributed by atoms with Crippen molar-refractivity contribution in [1.82, 2.24) is 4.98 Å². The lowest BCUT2D eigenvalue weighted by atomic mass is 10.1. The van der Waals surface area contributed by atoms with E-state index in [4.69, 9.17) is 10.5 Å². The van der Waals surface area contributed by atoms with E-state index in [0.717, 1.165) is 22.3 Å². The van der Waals surface area contributed by atoms with Crippen LogP contribution in [0.15, 0.2) is 22.7 Å². The molecule has 0 radical (unpaired) electrons. The van der Waals surface area contributed by atoms with Crippen LogP contribution in [0.5, 0.6) is 5.75 Å². The summed E-state index contributed by atoms with van der Waals surface area (Å²) in [6.45, 7) is 1.99. The Balaban J connectivity index is 2.24. The molecule has 0 aliphatic rings. The van der Waals surface area contributed by atoms with Crippen molar-refractivity contribution >= 4 is 32.4 Å². The number of methoxy groups -OCH3 is 1. The van der Waals surface area contributed by atoms with E-state index in [2.05, 4.69) is 33.0 Å². The van der Waals surface area contributed by atoms with E-state index < -0.39 is 0 Å². The summed E-state index contributed by atoms with van der Waals surface area (Å²) in [6.07, 6.45) is 0.850. The minimum atomic E-state index is 0.630. The van der Waals surface area contributed by atoms with Gasteiger partial charge in [0.1, 0.15) is 5.75 Å². The molecule has 17 heavy (non-hydrogen) atoms. The van der Waals surface area contributed by atoms with E-state index in [1.165, 1.54) is 10.4 Å². The van der Waals surface area contributed by atoms with E-state index in [1.807, 2.05) is 13.0 Å². The van der Waals surface area contributed by atoms with Crippen LogP contribution < -0.4 is 10.5 Å². The van der Waals surface area contributed by atoms with Gasteiger partial charge in [-0.15, -0.1) is 11.3 Å². The Kier molecular flexibility index (Phi) is 3.69. The van der Waals surface area contributed by atoms with Gasteiger partial charge in [0.2, 0.25) is 0 Å². The van der Waals surface area contributed by atoms with Gasteiger partial charge >= 0.3 is 0 Å². The Labute approximate surface area is 113 Å². The molecule has 0 atom stereocenters. The monoisotopic (exact) mass is 312 g/mol. The molecule has 90 valence electrons. The van der Waals surface area contributed by atoms with Crippen molar-refractivity contribution in [2.24, 2.45) is 0 Å². The van der Waals surface area contributed by atoms with Crippen molar-refractivity contribution in [3.63, 3.8) is 0 Å². The van der Waals surface area contributed by atoms with Gasteiger partial charge in [-0.1, -0.05) is 6.07 Å².